The summed E-state index contributed by atoms with van der Waals surface area (Å²) in [6.45, 7) is 11.8. The van der Waals surface area contributed by atoms with Gasteiger partial charge in [0.1, 0.15) is 0 Å². The number of piperidine rings is 1. The van der Waals surface area contributed by atoms with Crippen molar-refractivity contribution in [3.63, 3.8) is 0 Å². The number of nitrogens with zero attached hydrogens (tertiary/aromatic N) is 1. The third-order valence-corrected chi connectivity index (χ3v) is 4.27. The monoisotopic (exact) mass is 288 g/mol. The van der Waals surface area contributed by atoms with Crippen molar-refractivity contribution in [3.8, 4) is 0 Å². The lowest BCUT2D eigenvalue weighted by molar-refractivity contribution is -0.116. The molecule has 21 heavy (non-hydrogen) atoms. The minimum absolute atomic E-state index is 0.120. The van der Waals surface area contributed by atoms with Crippen molar-refractivity contribution in [3.05, 3.63) is 29.3 Å². The molecule has 0 saturated carbocycles. The third-order valence-electron chi connectivity index (χ3n) is 4.27. The summed E-state index contributed by atoms with van der Waals surface area (Å²) in [4.78, 5) is 14.6. The number of carbonyl (C=O) groups is 1. The van der Waals surface area contributed by atoms with Gasteiger partial charge in [-0.25, -0.2) is 0 Å². The number of aryl methyl sites for hydroxylation is 2. The largest absolute Gasteiger partial charge is 0.326 e. The molecule has 116 valence electrons. The van der Waals surface area contributed by atoms with Crippen LogP contribution in [0.3, 0.4) is 0 Å². The standard InChI is InChI=1S/C18H28N2O/c1-13-5-6-16(4)17(10-13)19-18(21)7-8-20-11-14(2)9-15(3)12-20/h5-6,10,14-15H,7-9,11-12H2,1-4H3,(H,19,21)/t14-,15+. The summed E-state index contributed by atoms with van der Waals surface area (Å²) in [5, 5.41) is 3.05. The quantitative estimate of drug-likeness (QED) is 0.918. The molecule has 1 fully saturated rings. The molecule has 1 aliphatic rings. The first kappa shape index (κ1) is 16.0. The average Bonchev–Trinajstić information content (AvgIpc) is 2.40. The number of hydrogen-bond donors (Lipinski definition) is 1. The Labute approximate surface area is 128 Å². The van der Waals surface area contributed by atoms with Crippen molar-refractivity contribution in [2.45, 2.75) is 40.5 Å². The van der Waals surface area contributed by atoms with E-state index in [1.54, 1.807) is 0 Å². The third kappa shape index (κ3) is 4.85. The lowest BCUT2D eigenvalue weighted by Crippen LogP contribution is -2.40. The zero-order valence-electron chi connectivity index (χ0n) is 13.8. The van der Waals surface area contributed by atoms with Crippen LogP contribution in [0.4, 0.5) is 5.69 Å². The predicted molar refractivity (Wildman–Crippen MR) is 88.5 cm³/mol. The van der Waals surface area contributed by atoms with E-state index in [9.17, 15) is 4.79 Å². The van der Waals surface area contributed by atoms with Crippen LogP contribution in [0.25, 0.3) is 0 Å². The fourth-order valence-corrected chi connectivity index (χ4v) is 3.32. The smallest absolute Gasteiger partial charge is 0.225 e. The molecule has 1 amide bonds. The van der Waals surface area contributed by atoms with E-state index in [4.69, 9.17) is 0 Å². The molecule has 3 heteroatoms. The highest BCUT2D eigenvalue weighted by Crippen LogP contribution is 2.21. The Kier molecular flexibility index (Phi) is 5.40. The molecule has 0 bridgehead atoms. The Bertz CT molecular complexity index is 488. The van der Waals surface area contributed by atoms with Crippen LogP contribution in [0, 0.1) is 25.7 Å². The second kappa shape index (κ2) is 7.08. The summed E-state index contributed by atoms with van der Waals surface area (Å²) in [5.74, 6) is 1.61. The van der Waals surface area contributed by atoms with E-state index in [1.165, 1.54) is 12.0 Å². The first-order valence-corrected chi connectivity index (χ1v) is 8.03. The van der Waals surface area contributed by atoms with Gasteiger partial charge in [0.25, 0.3) is 0 Å². The summed E-state index contributed by atoms with van der Waals surface area (Å²) in [6.07, 6.45) is 1.89. The van der Waals surface area contributed by atoms with E-state index in [0.29, 0.717) is 6.42 Å². The molecule has 2 atom stereocenters. The van der Waals surface area contributed by atoms with Crippen molar-refractivity contribution >= 4 is 11.6 Å². The van der Waals surface area contributed by atoms with Crippen LogP contribution in [0.5, 0.6) is 0 Å². The van der Waals surface area contributed by atoms with E-state index in [2.05, 4.69) is 36.2 Å². The van der Waals surface area contributed by atoms with Crippen molar-refractivity contribution < 1.29 is 4.79 Å². The molecule has 3 nitrogen and oxygen atoms in total. The summed E-state index contributed by atoms with van der Waals surface area (Å²) in [5.41, 5.74) is 3.24. The number of nitrogens with one attached hydrogen (secondary N) is 1. The lowest BCUT2D eigenvalue weighted by atomic mass is 9.92. The number of likely N-dealkylation sites (tertiary alicyclic amines) is 1. The normalized spacial score (nSPS) is 23.0. The van der Waals surface area contributed by atoms with Gasteiger partial charge in [-0.3, -0.25) is 4.79 Å². The van der Waals surface area contributed by atoms with Gasteiger partial charge in [-0.15, -0.1) is 0 Å². The van der Waals surface area contributed by atoms with Crippen LogP contribution < -0.4 is 5.32 Å². The molecule has 0 unspecified atom stereocenters. The van der Waals surface area contributed by atoms with Gasteiger partial charge in [-0.05, 0) is 49.3 Å². The second-order valence-electron chi connectivity index (χ2n) is 6.82. The van der Waals surface area contributed by atoms with Crippen molar-refractivity contribution in [1.82, 2.24) is 4.90 Å². The number of carbonyl (C=O) groups excluding carboxylic acids is 1. The molecule has 0 radical (unpaired) electrons. The van der Waals surface area contributed by atoms with Gasteiger partial charge in [-0.1, -0.05) is 26.0 Å². The molecular formula is C18H28N2O. The zero-order chi connectivity index (χ0) is 15.4. The summed E-state index contributed by atoms with van der Waals surface area (Å²) in [6, 6.07) is 6.17. The van der Waals surface area contributed by atoms with Crippen molar-refractivity contribution in [2.75, 3.05) is 25.0 Å². The fourth-order valence-electron chi connectivity index (χ4n) is 3.32. The topological polar surface area (TPSA) is 32.3 Å². The maximum absolute atomic E-state index is 12.1. The van der Waals surface area contributed by atoms with E-state index in [0.717, 1.165) is 42.7 Å². The van der Waals surface area contributed by atoms with Crippen LogP contribution >= 0.6 is 0 Å². The van der Waals surface area contributed by atoms with Crippen LogP contribution in [-0.4, -0.2) is 30.4 Å². The summed E-state index contributed by atoms with van der Waals surface area (Å²) >= 11 is 0. The Hall–Kier alpha value is -1.35. The van der Waals surface area contributed by atoms with E-state index in [-0.39, 0.29) is 5.91 Å². The SMILES string of the molecule is Cc1ccc(C)c(NC(=O)CCN2C[C@H](C)C[C@H](C)C2)c1. The Morgan fingerprint density at radius 2 is 1.90 bits per heavy atom. The fraction of sp³-hybridized carbons (Fsp3) is 0.611. The van der Waals surface area contributed by atoms with Crippen LogP contribution in [0.1, 0.15) is 37.8 Å². The average molecular weight is 288 g/mol. The van der Waals surface area contributed by atoms with Crippen molar-refractivity contribution in [1.29, 1.82) is 0 Å². The Morgan fingerprint density at radius 1 is 1.24 bits per heavy atom. The van der Waals surface area contributed by atoms with Crippen molar-refractivity contribution in [2.24, 2.45) is 11.8 Å². The minimum Gasteiger partial charge on any atom is -0.326 e. The molecule has 0 spiro atoms. The van der Waals surface area contributed by atoms with Gasteiger partial charge in [0.2, 0.25) is 5.91 Å². The minimum atomic E-state index is 0.120. The van der Waals surface area contributed by atoms with Crippen LogP contribution in [0.2, 0.25) is 0 Å². The first-order chi connectivity index (χ1) is 9.94. The maximum atomic E-state index is 12.1. The molecule has 1 aliphatic heterocycles. The molecular weight excluding hydrogens is 260 g/mol. The van der Waals surface area contributed by atoms with Gasteiger partial charge >= 0.3 is 0 Å². The Balaban J connectivity index is 1.83. The maximum Gasteiger partial charge on any atom is 0.225 e. The molecule has 1 aromatic carbocycles. The molecule has 1 saturated heterocycles. The van der Waals surface area contributed by atoms with Gasteiger partial charge in [0.15, 0.2) is 0 Å². The van der Waals surface area contributed by atoms with E-state index in [1.807, 2.05) is 19.9 Å². The molecule has 2 rings (SSSR count). The molecule has 1 heterocycles. The lowest BCUT2D eigenvalue weighted by Gasteiger charge is -2.34. The van der Waals surface area contributed by atoms with E-state index < -0.39 is 0 Å². The van der Waals surface area contributed by atoms with Gasteiger partial charge in [-0.2, -0.15) is 0 Å². The number of benzene rings is 1. The van der Waals surface area contributed by atoms with Crippen LogP contribution in [-0.2, 0) is 4.79 Å². The predicted octanol–water partition coefficient (Wildman–Crippen LogP) is 3.61. The highest BCUT2D eigenvalue weighted by molar-refractivity contribution is 5.91. The number of anilines is 1. The summed E-state index contributed by atoms with van der Waals surface area (Å²) in [7, 11) is 0. The second-order valence-corrected chi connectivity index (χ2v) is 6.82. The molecule has 1 N–H and O–H groups in total. The van der Waals surface area contributed by atoms with Crippen LogP contribution in [0.15, 0.2) is 18.2 Å². The number of amides is 1. The van der Waals surface area contributed by atoms with Gasteiger partial charge in [0.05, 0.1) is 0 Å². The number of hydrogen-bond acceptors (Lipinski definition) is 2. The molecule has 1 aromatic rings. The number of rotatable bonds is 4. The Morgan fingerprint density at radius 3 is 2.57 bits per heavy atom. The van der Waals surface area contributed by atoms with Gasteiger partial charge in [0, 0.05) is 31.7 Å². The molecule has 0 aliphatic carbocycles. The first-order valence-electron chi connectivity index (χ1n) is 8.03. The zero-order valence-corrected chi connectivity index (χ0v) is 13.8. The van der Waals surface area contributed by atoms with Gasteiger partial charge < -0.3 is 10.2 Å². The highest BCUT2D eigenvalue weighted by Gasteiger charge is 2.21. The summed E-state index contributed by atoms with van der Waals surface area (Å²) < 4.78 is 0. The van der Waals surface area contributed by atoms with E-state index >= 15 is 0 Å². The molecule has 0 aromatic heterocycles. The highest BCUT2D eigenvalue weighted by atomic mass is 16.1.